The van der Waals surface area contributed by atoms with Crippen LogP contribution in [0.5, 0.6) is 0 Å². The molecule has 188 valence electrons. The highest BCUT2D eigenvalue weighted by Crippen LogP contribution is 2.48. The molecule has 0 bridgehead atoms. The number of benzene rings is 3. The first-order valence-corrected chi connectivity index (χ1v) is 12.5. The number of carbonyl (C=O) groups excluding carboxylic acids is 3. The van der Waals surface area contributed by atoms with E-state index in [2.05, 4.69) is 16.0 Å². The van der Waals surface area contributed by atoms with Crippen LogP contribution in [0.3, 0.4) is 0 Å². The van der Waals surface area contributed by atoms with Crippen molar-refractivity contribution in [1.29, 1.82) is 0 Å². The first-order valence-electron chi connectivity index (χ1n) is 12.5. The van der Waals surface area contributed by atoms with Crippen LogP contribution in [0.25, 0.3) is 0 Å². The number of hydrogen-bond acceptors (Lipinski definition) is 5. The molecular weight excluding hydrogens is 468 g/mol. The molecule has 6 rings (SSSR count). The summed E-state index contributed by atoms with van der Waals surface area (Å²) in [5.41, 5.74) is 1.56. The van der Waals surface area contributed by atoms with Gasteiger partial charge in [-0.1, -0.05) is 78.9 Å². The van der Waals surface area contributed by atoms with E-state index in [0.29, 0.717) is 24.1 Å². The predicted octanol–water partition coefficient (Wildman–Crippen LogP) is 1.38. The molecule has 3 heterocycles. The van der Waals surface area contributed by atoms with E-state index in [4.69, 9.17) is 0 Å². The van der Waals surface area contributed by atoms with E-state index in [1.54, 1.807) is 23.1 Å². The molecule has 8 nitrogen and oxygen atoms in total. The third-order valence-electron chi connectivity index (χ3n) is 7.58. The zero-order chi connectivity index (χ0) is 25.6. The number of piperazine rings is 1. The molecule has 0 aromatic heterocycles. The van der Waals surface area contributed by atoms with Gasteiger partial charge < -0.3 is 15.7 Å². The fourth-order valence-electron chi connectivity index (χ4n) is 5.78. The Balaban J connectivity index is 1.24. The third-order valence-corrected chi connectivity index (χ3v) is 7.58. The zero-order valence-corrected chi connectivity index (χ0v) is 20.1. The van der Waals surface area contributed by atoms with Crippen molar-refractivity contribution in [2.45, 2.75) is 49.2 Å². The van der Waals surface area contributed by atoms with Gasteiger partial charge in [0.15, 0.2) is 0 Å². The molecular formula is C29H28N4O4. The van der Waals surface area contributed by atoms with Crippen molar-refractivity contribution < 1.29 is 19.5 Å². The van der Waals surface area contributed by atoms with Gasteiger partial charge in [0.05, 0.1) is 11.7 Å². The summed E-state index contributed by atoms with van der Waals surface area (Å²) >= 11 is 0. The molecule has 0 aliphatic carbocycles. The Morgan fingerprint density at radius 2 is 1.24 bits per heavy atom. The standard InChI is InChI=1S/C29H28N4O4/c34-25-21(15-18-9-3-1-4-10-18)30-26(35)23(31-25)17-29(37)20-13-7-8-14-24(20)33-27(36)22(32-28(29)33)16-19-11-5-2-6-12-19/h1-14,21-23,28,32,37H,15-17H2,(H,30,35)(H,31,34). The largest absolute Gasteiger partial charge is 0.381 e. The van der Waals surface area contributed by atoms with Crippen molar-refractivity contribution in [3.63, 3.8) is 0 Å². The average molecular weight is 497 g/mol. The van der Waals surface area contributed by atoms with Gasteiger partial charge in [-0.15, -0.1) is 0 Å². The number of amides is 3. The van der Waals surface area contributed by atoms with Crippen molar-refractivity contribution in [2.24, 2.45) is 0 Å². The van der Waals surface area contributed by atoms with Crippen LogP contribution < -0.4 is 20.9 Å². The smallest absolute Gasteiger partial charge is 0.245 e. The van der Waals surface area contributed by atoms with Crippen molar-refractivity contribution >= 4 is 23.4 Å². The highest BCUT2D eigenvalue weighted by atomic mass is 16.3. The summed E-state index contributed by atoms with van der Waals surface area (Å²) in [4.78, 5) is 41.1. The topological polar surface area (TPSA) is 111 Å². The maximum Gasteiger partial charge on any atom is 0.245 e. The first-order chi connectivity index (χ1) is 17.9. The lowest BCUT2D eigenvalue weighted by molar-refractivity contribution is -0.139. The van der Waals surface area contributed by atoms with Crippen LogP contribution in [0.1, 0.15) is 23.1 Å². The molecule has 3 aliphatic heterocycles. The van der Waals surface area contributed by atoms with Crippen LogP contribution >= 0.6 is 0 Å². The molecule has 37 heavy (non-hydrogen) atoms. The molecule has 8 heteroatoms. The number of anilines is 1. The lowest BCUT2D eigenvalue weighted by Crippen LogP contribution is -2.64. The lowest BCUT2D eigenvalue weighted by atomic mass is 9.85. The quantitative estimate of drug-likeness (QED) is 0.412. The van der Waals surface area contributed by atoms with E-state index < -0.39 is 29.9 Å². The summed E-state index contributed by atoms with van der Waals surface area (Å²) in [6, 6.07) is 24.3. The van der Waals surface area contributed by atoms with Gasteiger partial charge in [0, 0.05) is 18.4 Å². The Labute approximate surface area is 214 Å². The van der Waals surface area contributed by atoms with Crippen LogP contribution in [0.4, 0.5) is 5.69 Å². The Bertz CT molecular complexity index is 1350. The highest BCUT2D eigenvalue weighted by molar-refractivity contribution is 6.03. The van der Waals surface area contributed by atoms with E-state index in [0.717, 1.165) is 11.1 Å². The van der Waals surface area contributed by atoms with Crippen molar-refractivity contribution in [3.8, 4) is 0 Å². The molecule has 2 fully saturated rings. The minimum Gasteiger partial charge on any atom is -0.381 e. The van der Waals surface area contributed by atoms with Crippen LogP contribution in [0.2, 0.25) is 0 Å². The molecule has 0 radical (unpaired) electrons. The van der Waals surface area contributed by atoms with Crippen LogP contribution in [-0.2, 0) is 32.8 Å². The summed E-state index contributed by atoms with van der Waals surface area (Å²) in [6.07, 6.45) is 0.0374. The summed E-state index contributed by atoms with van der Waals surface area (Å²) in [7, 11) is 0. The minimum absolute atomic E-state index is 0.0703. The lowest BCUT2D eigenvalue weighted by Gasteiger charge is -2.36. The second kappa shape index (κ2) is 9.14. The first kappa shape index (κ1) is 23.4. The number of hydrogen-bond donors (Lipinski definition) is 4. The fourth-order valence-corrected chi connectivity index (χ4v) is 5.78. The average Bonchev–Trinajstić information content (AvgIpc) is 3.36. The van der Waals surface area contributed by atoms with E-state index in [9.17, 15) is 19.5 Å². The number of nitrogens with zero attached hydrogens (tertiary/aromatic N) is 1. The number of rotatable bonds is 6. The number of fused-ring (bicyclic) bond motifs is 3. The Hall–Kier alpha value is -4.01. The molecule has 3 aromatic carbocycles. The van der Waals surface area contributed by atoms with E-state index >= 15 is 0 Å². The van der Waals surface area contributed by atoms with Gasteiger partial charge in [-0.2, -0.15) is 0 Å². The van der Waals surface area contributed by atoms with Crippen LogP contribution in [0, 0.1) is 0 Å². The van der Waals surface area contributed by atoms with Crippen molar-refractivity contribution in [1.82, 2.24) is 16.0 Å². The van der Waals surface area contributed by atoms with Crippen LogP contribution in [-0.4, -0.2) is 47.1 Å². The minimum atomic E-state index is -1.57. The number of para-hydroxylation sites is 1. The molecule has 5 unspecified atom stereocenters. The molecule has 0 saturated carbocycles. The van der Waals surface area contributed by atoms with Crippen molar-refractivity contribution in [3.05, 3.63) is 102 Å². The summed E-state index contributed by atoms with van der Waals surface area (Å²) < 4.78 is 0. The number of carbonyl (C=O) groups is 3. The number of nitrogens with one attached hydrogen (secondary N) is 3. The highest BCUT2D eigenvalue weighted by Gasteiger charge is 2.59. The predicted molar refractivity (Wildman–Crippen MR) is 137 cm³/mol. The van der Waals surface area contributed by atoms with E-state index in [1.807, 2.05) is 66.7 Å². The Morgan fingerprint density at radius 3 is 1.92 bits per heavy atom. The zero-order valence-electron chi connectivity index (χ0n) is 20.1. The SMILES string of the molecule is O=C1NC(CC2(O)c3ccccc3N3C(=O)C(Cc4ccccc4)NC32)C(=O)NC1Cc1ccccc1. The molecule has 3 amide bonds. The molecule has 2 saturated heterocycles. The number of aliphatic hydroxyl groups is 1. The maximum absolute atomic E-state index is 13.5. The summed E-state index contributed by atoms with van der Waals surface area (Å²) in [5.74, 6) is -0.773. The van der Waals surface area contributed by atoms with Gasteiger partial charge in [-0.3, -0.25) is 24.6 Å². The fraction of sp³-hybridized carbons (Fsp3) is 0.276. The Kier molecular flexibility index (Phi) is 5.78. The second-order valence-corrected chi connectivity index (χ2v) is 9.98. The molecule has 5 atom stereocenters. The van der Waals surface area contributed by atoms with Gasteiger partial charge in [0.1, 0.15) is 23.9 Å². The van der Waals surface area contributed by atoms with Gasteiger partial charge >= 0.3 is 0 Å². The summed E-state index contributed by atoms with van der Waals surface area (Å²) in [6.45, 7) is 0. The van der Waals surface area contributed by atoms with Gasteiger partial charge in [0.2, 0.25) is 17.7 Å². The summed E-state index contributed by atoms with van der Waals surface area (Å²) in [5, 5.41) is 21.1. The second-order valence-electron chi connectivity index (χ2n) is 9.98. The van der Waals surface area contributed by atoms with E-state index in [-0.39, 0.29) is 24.1 Å². The molecule has 3 aliphatic rings. The van der Waals surface area contributed by atoms with Gasteiger partial charge in [-0.25, -0.2) is 0 Å². The van der Waals surface area contributed by atoms with Crippen molar-refractivity contribution in [2.75, 3.05) is 4.90 Å². The molecule has 3 aromatic rings. The Morgan fingerprint density at radius 1 is 0.703 bits per heavy atom. The van der Waals surface area contributed by atoms with E-state index in [1.165, 1.54) is 0 Å². The normalized spacial score (nSPS) is 28.5. The third kappa shape index (κ3) is 4.08. The van der Waals surface area contributed by atoms with Gasteiger partial charge in [0.25, 0.3) is 0 Å². The van der Waals surface area contributed by atoms with Gasteiger partial charge in [-0.05, 0) is 23.6 Å². The maximum atomic E-state index is 13.5. The molecule has 4 N–H and O–H groups in total. The molecule has 0 spiro atoms. The van der Waals surface area contributed by atoms with Crippen LogP contribution in [0.15, 0.2) is 84.9 Å². The monoisotopic (exact) mass is 496 g/mol.